The highest BCUT2D eigenvalue weighted by Crippen LogP contribution is 2.68. The van der Waals surface area contributed by atoms with Crippen LogP contribution in [-0.2, 0) is 9.59 Å². The van der Waals surface area contributed by atoms with E-state index >= 15 is 0 Å². The maximum absolute atomic E-state index is 13.6. The van der Waals surface area contributed by atoms with Gasteiger partial charge in [-0.05, 0) is 60.1 Å². The summed E-state index contributed by atoms with van der Waals surface area (Å²) < 4.78 is 0. The zero-order valence-corrected chi connectivity index (χ0v) is 19.6. The summed E-state index contributed by atoms with van der Waals surface area (Å²) in [6, 6.07) is 10.9. The number of nitrogens with one attached hydrogen (secondary N) is 1. The van der Waals surface area contributed by atoms with Crippen molar-refractivity contribution in [3.63, 3.8) is 0 Å². The molecule has 33 heavy (non-hydrogen) atoms. The van der Waals surface area contributed by atoms with E-state index in [1.165, 1.54) is 16.2 Å². The molecule has 2 saturated carbocycles. The number of hydrogen-bond acceptors (Lipinski definition) is 6. The molecule has 2 aromatic heterocycles. The Hall–Kier alpha value is -2.42. The number of halogens is 1. The Balaban J connectivity index is 1.33. The Morgan fingerprint density at radius 1 is 1.03 bits per heavy atom. The van der Waals surface area contributed by atoms with Crippen LogP contribution in [0.1, 0.15) is 22.8 Å². The van der Waals surface area contributed by atoms with Gasteiger partial charge < -0.3 is 4.98 Å². The minimum atomic E-state index is -0.309. The van der Waals surface area contributed by atoms with E-state index in [4.69, 9.17) is 11.6 Å². The van der Waals surface area contributed by atoms with Crippen molar-refractivity contribution in [1.82, 2.24) is 9.97 Å². The second-order valence-electron chi connectivity index (χ2n) is 9.24. The molecule has 1 aromatic carbocycles. The summed E-state index contributed by atoms with van der Waals surface area (Å²) in [5, 5.41) is 1.66. The Labute approximate surface area is 202 Å². The zero-order chi connectivity index (χ0) is 22.4. The van der Waals surface area contributed by atoms with E-state index in [1.54, 1.807) is 42.2 Å². The topological polar surface area (TPSA) is 83.1 Å². The number of aromatic nitrogens is 2. The average Bonchev–Trinajstić information content (AvgIpc) is 3.54. The zero-order valence-electron chi connectivity index (χ0n) is 17.2. The fourth-order valence-corrected chi connectivity index (χ4v) is 9.81. The van der Waals surface area contributed by atoms with Gasteiger partial charge in [0.1, 0.15) is 0 Å². The van der Waals surface area contributed by atoms with E-state index in [-0.39, 0.29) is 57.4 Å². The third-order valence-electron chi connectivity index (χ3n) is 7.85. The fraction of sp³-hybridized carbons (Fsp3) is 0.333. The molecule has 9 heteroatoms. The van der Waals surface area contributed by atoms with Crippen LogP contribution in [0.3, 0.4) is 0 Å². The molecule has 0 radical (unpaired) electrons. The Bertz CT molecular complexity index is 1360. The van der Waals surface area contributed by atoms with Crippen molar-refractivity contribution < 1.29 is 9.59 Å². The fourth-order valence-electron chi connectivity index (χ4n) is 6.79. The normalized spacial score (nSPS) is 33.8. The number of benzene rings is 1. The molecule has 6 nitrogen and oxygen atoms in total. The molecule has 0 unspecified atom stereocenters. The lowest BCUT2D eigenvalue weighted by atomic mass is 9.68. The van der Waals surface area contributed by atoms with Gasteiger partial charge in [0, 0.05) is 33.5 Å². The molecule has 166 valence electrons. The monoisotopic (exact) mass is 495 g/mol. The molecule has 4 heterocycles. The first-order valence-corrected chi connectivity index (χ1v) is 13.0. The molecule has 4 aliphatic rings. The molecule has 2 amide bonds. The molecule has 7 rings (SSSR count). The third kappa shape index (κ3) is 2.68. The summed E-state index contributed by atoms with van der Waals surface area (Å²) in [4.78, 5) is 49.2. The number of fused-ring (bicyclic) bond motifs is 9. The van der Waals surface area contributed by atoms with Gasteiger partial charge in [-0.3, -0.25) is 24.3 Å². The van der Waals surface area contributed by atoms with Crippen LogP contribution in [0.2, 0.25) is 5.02 Å². The van der Waals surface area contributed by atoms with Crippen molar-refractivity contribution >= 4 is 52.2 Å². The summed E-state index contributed by atoms with van der Waals surface area (Å²) in [6.45, 7) is 0. The molecule has 7 atom stereocenters. The van der Waals surface area contributed by atoms with E-state index in [2.05, 4.69) is 16.0 Å². The number of thiazole rings is 1. The van der Waals surface area contributed by atoms with Gasteiger partial charge in [-0.2, -0.15) is 0 Å². The highest BCUT2D eigenvalue weighted by atomic mass is 35.5. The molecule has 1 saturated heterocycles. The Morgan fingerprint density at radius 3 is 2.52 bits per heavy atom. The second kappa shape index (κ2) is 7.04. The largest absolute Gasteiger partial charge is 0.307 e. The number of amides is 2. The second-order valence-corrected chi connectivity index (χ2v) is 11.9. The minimum absolute atomic E-state index is 0.00679. The lowest BCUT2D eigenvalue weighted by Crippen LogP contribution is -2.42. The van der Waals surface area contributed by atoms with E-state index < -0.39 is 0 Å². The first-order valence-electron chi connectivity index (χ1n) is 11.0. The molecule has 3 fully saturated rings. The van der Waals surface area contributed by atoms with E-state index in [1.807, 2.05) is 12.3 Å². The standard InChI is InChI=1S/C24H18ClN3O3S2/c25-11-3-5-12(6-4-11)28-22(29)17-13-8-14(18(17)23(28)30)19-16(13)15(10-2-1-7-26-9-10)20-21(32-19)27-24(31)33-20/h1-7,9,13-19H,8H2,(H,27,31)/t13-,14-,15+,16-,17-,18+,19-/m1/s1. The number of carbonyl (C=O) groups is 2. The Morgan fingerprint density at radius 2 is 1.79 bits per heavy atom. The van der Waals surface area contributed by atoms with Crippen molar-refractivity contribution in [2.24, 2.45) is 29.6 Å². The van der Waals surface area contributed by atoms with Crippen LogP contribution >= 0.6 is 34.7 Å². The highest BCUT2D eigenvalue weighted by molar-refractivity contribution is 8.00. The maximum atomic E-state index is 13.6. The first kappa shape index (κ1) is 20.0. The van der Waals surface area contributed by atoms with Gasteiger partial charge >= 0.3 is 4.87 Å². The average molecular weight is 496 g/mol. The van der Waals surface area contributed by atoms with Crippen LogP contribution < -0.4 is 9.77 Å². The number of thioether (sulfide) groups is 1. The summed E-state index contributed by atoms with van der Waals surface area (Å²) in [7, 11) is 0. The summed E-state index contributed by atoms with van der Waals surface area (Å²) >= 11 is 8.98. The van der Waals surface area contributed by atoms with Crippen molar-refractivity contribution in [1.29, 1.82) is 0 Å². The van der Waals surface area contributed by atoms with Crippen LogP contribution in [0.5, 0.6) is 0 Å². The lowest BCUT2D eigenvalue weighted by molar-refractivity contribution is -0.123. The van der Waals surface area contributed by atoms with E-state index in [9.17, 15) is 14.4 Å². The minimum Gasteiger partial charge on any atom is -0.307 e. The van der Waals surface area contributed by atoms with Crippen LogP contribution in [0.25, 0.3) is 0 Å². The van der Waals surface area contributed by atoms with Gasteiger partial charge in [-0.15, -0.1) is 11.8 Å². The molecule has 0 spiro atoms. The van der Waals surface area contributed by atoms with Gasteiger partial charge in [0.25, 0.3) is 0 Å². The molecule has 1 N–H and O–H groups in total. The highest BCUT2D eigenvalue weighted by Gasteiger charge is 2.69. The first-order chi connectivity index (χ1) is 16.0. The SMILES string of the molecule is O=C1[C@@H]2[C@@H]3C[C@@H]([C@H]4Sc5[nH]c(=O)sc5[C@@H](c5cccnc5)[C@@H]34)[C@@H]2C(=O)N1c1ccc(Cl)cc1. The van der Waals surface area contributed by atoms with Gasteiger partial charge in [0.2, 0.25) is 11.8 Å². The predicted molar refractivity (Wildman–Crippen MR) is 127 cm³/mol. The number of hydrogen-bond donors (Lipinski definition) is 1. The number of H-pyrrole nitrogens is 1. The molecule has 2 bridgehead atoms. The molecular formula is C24H18ClN3O3S2. The number of imide groups is 1. The van der Waals surface area contributed by atoms with Crippen molar-refractivity contribution in [3.8, 4) is 0 Å². The van der Waals surface area contributed by atoms with Crippen LogP contribution in [-0.4, -0.2) is 27.0 Å². The summed E-state index contributed by atoms with van der Waals surface area (Å²) in [5.74, 6) is -0.396. The Kier molecular flexibility index (Phi) is 4.27. The van der Waals surface area contributed by atoms with Gasteiger partial charge in [-0.1, -0.05) is 29.0 Å². The van der Waals surface area contributed by atoms with Crippen LogP contribution in [0.15, 0.2) is 58.6 Å². The number of carbonyl (C=O) groups excluding carboxylic acids is 2. The number of aromatic amines is 1. The smallest absolute Gasteiger partial charge is 0.305 e. The van der Waals surface area contributed by atoms with Crippen molar-refractivity contribution in [3.05, 3.63) is 73.9 Å². The van der Waals surface area contributed by atoms with Crippen molar-refractivity contribution in [2.75, 3.05) is 4.90 Å². The van der Waals surface area contributed by atoms with Gasteiger partial charge in [0.15, 0.2) is 0 Å². The number of anilines is 1. The van der Waals surface area contributed by atoms with Crippen molar-refractivity contribution in [2.45, 2.75) is 22.6 Å². The molecule has 2 aliphatic heterocycles. The molecule has 3 aromatic rings. The van der Waals surface area contributed by atoms with E-state index in [0.717, 1.165) is 21.9 Å². The summed E-state index contributed by atoms with van der Waals surface area (Å²) in [5.41, 5.74) is 1.66. The van der Waals surface area contributed by atoms with Crippen LogP contribution in [0, 0.1) is 29.6 Å². The van der Waals surface area contributed by atoms with Gasteiger partial charge in [0.05, 0.1) is 22.5 Å². The third-order valence-corrected chi connectivity index (χ3v) is 10.7. The molecular weight excluding hydrogens is 478 g/mol. The predicted octanol–water partition coefficient (Wildman–Crippen LogP) is 4.16. The summed E-state index contributed by atoms with van der Waals surface area (Å²) in [6.07, 6.45) is 4.50. The quantitative estimate of drug-likeness (QED) is 0.540. The maximum Gasteiger partial charge on any atom is 0.305 e. The lowest BCUT2D eigenvalue weighted by Gasteiger charge is -2.42. The van der Waals surface area contributed by atoms with Gasteiger partial charge in [-0.25, -0.2) is 0 Å². The number of pyridine rings is 1. The number of rotatable bonds is 2. The number of nitrogens with zero attached hydrogens (tertiary/aromatic N) is 2. The van der Waals surface area contributed by atoms with Crippen LogP contribution in [0.4, 0.5) is 5.69 Å². The molecule has 2 aliphatic carbocycles. The van der Waals surface area contributed by atoms with E-state index in [0.29, 0.717) is 10.7 Å².